The summed E-state index contributed by atoms with van der Waals surface area (Å²) in [7, 11) is 0. The van der Waals surface area contributed by atoms with Crippen LogP contribution in [0.2, 0.25) is 0 Å². The highest BCUT2D eigenvalue weighted by Gasteiger charge is 2.08. The number of carbonyl (C=O) groups is 1. The fraction of sp³-hybridized carbons (Fsp3) is 0.0625. The average molecular weight is 356 g/mol. The lowest BCUT2D eigenvalue weighted by Gasteiger charge is -1.99. The summed E-state index contributed by atoms with van der Waals surface area (Å²) in [5, 5.41) is 27.8. The molecule has 0 unspecified atom stereocenters. The number of fused-ring (bicyclic) bond motifs is 1. The van der Waals surface area contributed by atoms with E-state index in [0.29, 0.717) is 10.4 Å². The quantitative estimate of drug-likeness (QED) is 0.430. The van der Waals surface area contributed by atoms with Crippen LogP contribution in [0.25, 0.3) is 10.2 Å². The van der Waals surface area contributed by atoms with Crippen molar-refractivity contribution in [2.45, 2.75) is 6.54 Å². The van der Waals surface area contributed by atoms with Crippen LogP contribution in [-0.4, -0.2) is 26.8 Å². The molecule has 3 rings (SSSR count). The van der Waals surface area contributed by atoms with Crippen LogP contribution in [0.4, 0.5) is 5.69 Å². The summed E-state index contributed by atoms with van der Waals surface area (Å²) in [5.41, 5.74) is 1.43. The van der Waals surface area contributed by atoms with Gasteiger partial charge in [0.05, 0.1) is 21.4 Å². The third-order valence-corrected chi connectivity index (χ3v) is 4.39. The number of benzene rings is 2. The number of non-ortho nitro benzene ring substituents is 1. The first-order valence-electron chi connectivity index (χ1n) is 7.16. The minimum Gasteiger partial charge on any atom is -0.480 e. The van der Waals surface area contributed by atoms with Gasteiger partial charge in [-0.25, -0.2) is 0 Å². The van der Waals surface area contributed by atoms with E-state index in [1.165, 1.54) is 29.7 Å². The number of nitro groups is 1. The Labute approximate surface area is 145 Å². The zero-order valence-electron chi connectivity index (χ0n) is 12.8. The maximum absolute atomic E-state index is 11.1. The molecule has 0 saturated heterocycles. The number of hydrogen-bond acceptors (Lipinski definition) is 6. The maximum atomic E-state index is 11.1. The van der Waals surface area contributed by atoms with E-state index >= 15 is 0 Å². The van der Waals surface area contributed by atoms with Crippen molar-refractivity contribution in [2.24, 2.45) is 10.2 Å². The fourth-order valence-corrected chi connectivity index (χ4v) is 3.20. The molecule has 0 aliphatic rings. The predicted molar refractivity (Wildman–Crippen MR) is 93.7 cm³/mol. The van der Waals surface area contributed by atoms with Crippen LogP contribution in [0.3, 0.4) is 0 Å². The van der Waals surface area contributed by atoms with Crippen LogP contribution in [0.15, 0.2) is 58.7 Å². The van der Waals surface area contributed by atoms with Crippen molar-refractivity contribution in [3.63, 3.8) is 0 Å². The third-order valence-electron chi connectivity index (χ3n) is 3.34. The molecule has 0 amide bonds. The molecule has 1 heterocycles. The van der Waals surface area contributed by atoms with Crippen molar-refractivity contribution < 1.29 is 14.8 Å². The van der Waals surface area contributed by atoms with E-state index in [1.807, 2.05) is 24.3 Å². The van der Waals surface area contributed by atoms with E-state index in [0.717, 1.165) is 10.2 Å². The van der Waals surface area contributed by atoms with Gasteiger partial charge in [-0.1, -0.05) is 23.5 Å². The number of hydrogen-bond donors (Lipinski definition) is 1. The lowest BCUT2D eigenvalue weighted by molar-refractivity contribution is -0.384. The van der Waals surface area contributed by atoms with E-state index in [4.69, 9.17) is 5.11 Å². The Morgan fingerprint density at radius 3 is 2.64 bits per heavy atom. The highest BCUT2D eigenvalue weighted by atomic mass is 32.1. The highest BCUT2D eigenvalue weighted by molar-refractivity contribution is 7.16. The summed E-state index contributed by atoms with van der Waals surface area (Å²) in [5.74, 6) is -0.968. The molecule has 8 nitrogen and oxygen atoms in total. The zero-order valence-corrected chi connectivity index (χ0v) is 13.6. The molecule has 9 heteroatoms. The predicted octanol–water partition coefficient (Wildman–Crippen LogP) is 2.63. The van der Waals surface area contributed by atoms with Gasteiger partial charge in [0, 0.05) is 12.1 Å². The van der Waals surface area contributed by atoms with Gasteiger partial charge in [0.15, 0.2) is 0 Å². The number of aliphatic carboxylic acids is 1. The van der Waals surface area contributed by atoms with Gasteiger partial charge in [-0.15, -0.1) is 5.10 Å². The van der Waals surface area contributed by atoms with Crippen LogP contribution in [0, 0.1) is 10.1 Å². The first-order valence-corrected chi connectivity index (χ1v) is 7.98. The molecular weight excluding hydrogens is 344 g/mol. The van der Waals surface area contributed by atoms with Crippen molar-refractivity contribution in [1.29, 1.82) is 0 Å². The monoisotopic (exact) mass is 356 g/mol. The van der Waals surface area contributed by atoms with Crippen LogP contribution in [0.1, 0.15) is 5.56 Å². The number of carboxylic acids is 1. The van der Waals surface area contributed by atoms with E-state index in [9.17, 15) is 14.9 Å². The summed E-state index contributed by atoms with van der Waals surface area (Å²) in [6.07, 6.45) is 1.46. The second kappa shape index (κ2) is 7.05. The van der Waals surface area contributed by atoms with E-state index < -0.39 is 10.9 Å². The Morgan fingerprint density at radius 1 is 1.24 bits per heavy atom. The number of nitrogens with zero attached hydrogens (tertiary/aromatic N) is 4. The standard InChI is InChI=1S/C16H12N4O4S/c21-15(22)10-19-13-3-1-2-4-14(13)25-16(19)18-17-9-11-5-7-12(8-6-11)20(23)24/h1-9H,10H2,(H,21,22)/b17-9-,18-16-. The minimum absolute atomic E-state index is 0.00195. The van der Waals surface area contributed by atoms with Crippen LogP contribution in [-0.2, 0) is 11.3 Å². The van der Waals surface area contributed by atoms with Gasteiger partial charge < -0.3 is 9.67 Å². The van der Waals surface area contributed by atoms with Crippen molar-refractivity contribution in [3.05, 3.63) is 69.0 Å². The Kier molecular flexibility index (Phi) is 4.66. The first-order chi connectivity index (χ1) is 12.0. The molecule has 0 saturated carbocycles. The van der Waals surface area contributed by atoms with Crippen molar-refractivity contribution in [1.82, 2.24) is 4.57 Å². The summed E-state index contributed by atoms with van der Waals surface area (Å²) in [4.78, 5) is 21.7. The molecule has 1 N–H and O–H groups in total. The minimum atomic E-state index is -0.968. The van der Waals surface area contributed by atoms with Crippen LogP contribution in [0.5, 0.6) is 0 Å². The number of thiazole rings is 1. The first kappa shape index (κ1) is 16.5. The Morgan fingerprint density at radius 2 is 1.96 bits per heavy atom. The molecule has 0 aliphatic carbocycles. The number of para-hydroxylation sites is 1. The third kappa shape index (κ3) is 3.78. The smallest absolute Gasteiger partial charge is 0.323 e. The molecule has 0 bridgehead atoms. The van der Waals surface area contributed by atoms with E-state index in [2.05, 4.69) is 10.2 Å². The SMILES string of the molecule is O=C(O)Cn1/c(=N/N=C\c2ccc([N+](=O)[O-])cc2)sc2ccccc21. The largest absolute Gasteiger partial charge is 0.480 e. The summed E-state index contributed by atoms with van der Waals surface area (Å²) >= 11 is 1.34. The Balaban J connectivity index is 1.95. The number of rotatable bonds is 5. The Hall–Kier alpha value is -3.33. The Bertz CT molecular complexity index is 1030. The molecule has 0 aliphatic heterocycles. The topological polar surface area (TPSA) is 110 Å². The zero-order chi connectivity index (χ0) is 17.8. The summed E-state index contributed by atoms with van der Waals surface area (Å²) in [6, 6.07) is 13.3. The van der Waals surface area contributed by atoms with Gasteiger partial charge in [-0.2, -0.15) is 5.10 Å². The molecule has 3 aromatic rings. The van der Waals surface area contributed by atoms with Crippen molar-refractivity contribution in [3.8, 4) is 0 Å². The molecule has 25 heavy (non-hydrogen) atoms. The summed E-state index contributed by atoms with van der Waals surface area (Å²) in [6.45, 7) is -0.212. The maximum Gasteiger partial charge on any atom is 0.323 e. The normalized spacial score (nSPS) is 12.1. The van der Waals surface area contributed by atoms with Crippen LogP contribution >= 0.6 is 11.3 Å². The van der Waals surface area contributed by atoms with Gasteiger partial charge in [0.1, 0.15) is 6.54 Å². The number of carboxylic acid groups (broad SMARTS) is 1. The molecule has 0 fully saturated rings. The number of nitro benzene ring substituents is 1. The number of aromatic nitrogens is 1. The van der Waals surface area contributed by atoms with E-state index in [-0.39, 0.29) is 12.2 Å². The molecular formula is C16H12N4O4S. The second-order valence-corrected chi connectivity index (χ2v) is 6.03. The lowest BCUT2D eigenvalue weighted by atomic mass is 10.2. The van der Waals surface area contributed by atoms with Gasteiger partial charge in [-0.3, -0.25) is 14.9 Å². The molecule has 2 aromatic carbocycles. The lowest BCUT2D eigenvalue weighted by Crippen LogP contribution is -2.19. The molecule has 1 aromatic heterocycles. The fourth-order valence-electron chi connectivity index (χ4n) is 2.21. The van der Waals surface area contributed by atoms with Crippen LogP contribution < -0.4 is 4.80 Å². The van der Waals surface area contributed by atoms with Gasteiger partial charge in [0.2, 0.25) is 4.80 Å². The van der Waals surface area contributed by atoms with Gasteiger partial charge in [0.25, 0.3) is 5.69 Å². The second-order valence-electron chi connectivity index (χ2n) is 5.03. The highest BCUT2D eigenvalue weighted by Crippen LogP contribution is 2.16. The summed E-state index contributed by atoms with van der Waals surface area (Å²) < 4.78 is 2.49. The average Bonchev–Trinajstić information content (AvgIpc) is 2.93. The molecule has 126 valence electrons. The van der Waals surface area contributed by atoms with E-state index in [1.54, 1.807) is 16.7 Å². The molecule has 0 radical (unpaired) electrons. The molecule has 0 atom stereocenters. The van der Waals surface area contributed by atoms with Gasteiger partial charge >= 0.3 is 5.97 Å². The van der Waals surface area contributed by atoms with Crippen molar-refractivity contribution in [2.75, 3.05) is 0 Å². The molecule has 0 spiro atoms. The van der Waals surface area contributed by atoms with Crippen molar-refractivity contribution >= 4 is 39.4 Å². The van der Waals surface area contributed by atoms with Gasteiger partial charge in [-0.05, 0) is 29.8 Å².